The Hall–Kier alpha value is -1.98. The highest BCUT2D eigenvalue weighted by Gasteiger charge is 2.27. The standard InChI is InChI=1S/C11H10F2N2O2/c12-6-2-1-3-7(13)10(6)14-8-4-5-9(16)15-11(8)17/h1-3,8,14H,4-5H2,(H,15,16,17). The first-order chi connectivity index (χ1) is 8.08. The molecule has 17 heavy (non-hydrogen) atoms. The molecule has 1 saturated heterocycles. The first-order valence-corrected chi connectivity index (χ1v) is 5.12. The van der Waals surface area contributed by atoms with E-state index < -0.39 is 23.6 Å². The zero-order chi connectivity index (χ0) is 12.4. The largest absolute Gasteiger partial charge is 0.369 e. The zero-order valence-corrected chi connectivity index (χ0v) is 8.80. The van der Waals surface area contributed by atoms with Crippen molar-refractivity contribution in [2.75, 3.05) is 5.32 Å². The summed E-state index contributed by atoms with van der Waals surface area (Å²) in [6.45, 7) is 0. The van der Waals surface area contributed by atoms with Gasteiger partial charge < -0.3 is 5.32 Å². The quantitative estimate of drug-likeness (QED) is 0.763. The van der Waals surface area contributed by atoms with E-state index in [4.69, 9.17) is 0 Å². The highest BCUT2D eigenvalue weighted by molar-refractivity contribution is 6.01. The van der Waals surface area contributed by atoms with Gasteiger partial charge in [-0.05, 0) is 18.6 Å². The van der Waals surface area contributed by atoms with Crippen molar-refractivity contribution >= 4 is 17.5 Å². The highest BCUT2D eigenvalue weighted by Crippen LogP contribution is 2.20. The number of hydrogen-bond donors (Lipinski definition) is 2. The number of para-hydroxylation sites is 1. The Labute approximate surface area is 96.0 Å². The summed E-state index contributed by atoms with van der Waals surface area (Å²) >= 11 is 0. The third-order valence-corrected chi connectivity index (χ3v) is 2.52. The molecule has 1 aliphatic rings. The minimum absolute atomic E-state index is 0.152. The summed E-state index contributed by atoms with van der Waals surface area (Å²) in [6, 6.07) is 2.63. The lowest BCUT2D eigenvalue weighted by atomic mass is 10.1. The number of carbonyl (C=O) groups is 2. The first kappa shape index (κ1) is 11.5. The number of amides is 2. The van der Waals surface area contributed by atoms with Gasteiger partial charge in [0.25, 0.3) is 0 Å². The van der Waals surface area contributed by atoms with Crippen molar-refractivity contribution in [3.8, 4) is 0 Å². The Bertz CT molecular complexity index is 456. The third kappa shape index (κ3) is 2.41. The summed E-state index contributed by atoms with van der Waals surface area (Å²) in [4.78, 5) is 22.3. The molecule has 1 aromatic carbocycles. The van der Waals surface area contributed by atoms with E-state index in [0.717, 1.165) is 12.1 Å². The normalized spacial score (nSPS) is 20.0. The molecule has 90 valence electrons. The molecule has 0 saturated carbocycles. The van der Waals surface area contributed by atoms with Gasteiger partial charge in [-0.25, -0.2) is 8.78 Å². The van der Waals surface area contributed by atoms with Crippen molar-refractivity contribution in [1.82, 2.24) is 5.32 Å². The van der Waals surface area contributed by atoms with Gasteiger partial charge in [-0.1, -0.05) is 6.07 Å². The van der Waals surface area contributed by atoms with Crippen molar-refractivity contribution in [3.63, 3.8) is 0 Å². The number of rotatable bonds is 2. The summed E-state index contributed by atoms with van der Waals surface area (Å²) < 4.78 is 26.6. The highest BCUT2D eigenvalue weighted by atomic mass is 19.1. The lowest BCUT2D eigenvalue weighted by Crippen LogP contribution is -2.47. The lowest BCUT2D eigenvalue weighted by molar-refractivity contribution is -0.133. The van der Waals surface area contributed by atoms with Gasteiger partial charge in [0.1, 0.15) is 23.4 Å². The van der Waals surface area contributed by atoms with Crippen molar-refractivity contribution in [2.45, 2.75) is 18.9 Å². The Balaban J connectivity index is 2.16. The summed E-state index contributed by atoms with van der Waals surface area (Å²) in [5.41, 5.74) is -0.345. The fraction of sp³-hybridized carbons (Fsp3) is 0.273. The van der Waals surface area contributed by atoms with E-state index >= 15 is 0 Å². The number of piperidine rings is 1. The number of imide groups is 1. The molecule has 0 aliphatic carbocycles. The number of anilines is 1. The predicted molar refractivity (Wildman–Crippen MR) is 56.2 cm³/mol. The van der Waals surface area contributed by atoms with Crippen molar-refractivity contribution in [3.05, 3.63) is 29.8 Å². The van der Waals surface area contributed by atoms with Gasteiger partial charge in [0.05, 0.1) is 0 Å². The van der Waals surface area contributed by atoms with Crippen LogP contribution in [0.15, 0.2) is 18.2 Å². The Morgan fingerprint density at radius 2 is 1.88 bits per heavy atom. The number of halogens is 2. The maximum absolute atomic E-state index is 13.3. The average molecular weight is 240 g/mol. The molecule has 0 bridgehead atoms. The van der Waals surface area contributed by atoms with Crippen LogP contribution < -0.4 is 10.6 Å². The predicted octanol–water partition coefficient (Wildman–Crippen LogP) is 1.18. The monoisotopic (exact) mass is 240 g/mol. The molecule has 1 unspecified atom stereocenters. The molecule has 2 N–H and O–H groups in total. The van der Waals surface area contributed by atoms with Crippen LogP contribution in [0.5, 0.6) is 0 Å². The maximum atomic E-state index is 13.3. The minimum Gasteiger partial charge on any atom is -0.369 e. The van der Waals surface area contributed by atoms with Gasteiger partial charge >= 0.3 is 0 Å². The fourth-order valence-corrected chi connectivity index (χ4v) is 1.64. The molecular formula is C11H10F2N2O2. The minimum atomic E-state index is -0.793. The number of benzene rings is 1. The van der Waals surface area contributed by atoms with Crippen LogP contribution in [0.25, 0.3) is 0 Å². The molecule has 6 heteroatoms. The summed E-state index contributed by atoms with van der Waals surface area (Å²) in [6.07, 6.45) is 0.373. The second-order valence-corrected chi connectivity index (χ2v) is 3.74. The van der Waals surface area contributed by atoms with Crippen LogP contribution in [0, 0.1) is 11.6 Å². The van der Waals surface area contributed by atoms with Crippen LogP contribution in [0.1, 0.15) is 12.8 Å². The molecule has 0 aromatic heterocycles. The topological polar surface area (TPSA) is 58.2 Å². The van der Waals surface area contributed by atoms with Crippen LogP contribution >= 0.6 is 0 Å². The van der Waals surface area contributed by atoms with Crippen LogP contribution in [-0.4, -0.2) is 17.9 Å². The van der Waals surface area contributed by atoms with Gasteiger partial charge in [-0.3, -0.25) is 14.9 Å². The molecule has 4 nitrogen and oxygen atoms in total. The Morgan fingerprint density at radius 1 is 1.24 bits per heavy atom. The zero-order valence-electron chi connectivity index (χ0n) is 8.80. The summed E-state index contributed by atoms with van der Waals surface area (Å²) in [5, 5.41) is 4.58. The van der Waals surface area contributed by atoms with Crippen molar-refractivity contribution in [1.29, 1.82) is 0 Å². The van der Waals surface area contributed by atoms with E-state index in [9.17, 15) is 18.4 Å². The van der Waals surface area contributed by atoms with Gasteiger partial charge in [0.15, 0.2) is 0 Å². The van der Waals surface area contributed by atoms with E-state index in [1.807, 2.05) is 0 Å². The van der Waals surface area contributed by atoms with E-state index in [2.05, 4.69) is 10.6 Å². The van der Waals surface area contributed by atoms with E-state index in [-0.39, 0.29) is 24.4 Å². The number of carbonyl (C=O) groups excluding carboxylic acids is 2. The van der Waals surface area contributed by atoms with Gasteiger partial charge in [-0.2, -0.15) is 0 Å². The fourth-order valence-electron chi connectivity index (χ4n) is 1.64. The first-order valence-electron chi connectivity index (χ1n) is 5.12. The van der Waals surface area contributed by atoms with Crippen LogP contribution in [-0.2, 0) is 9.59 Å². The van der Waals surface area contributed by atoms with Gasteiger partial charge in [0.2, 0.25) is 11.8 Å². The molecule has 1 heterocycles. The molecular weight excluding hydrogens is 230 g/mol. The van der Waals surface area contributed by atoms with Crippen LogP contribution in [0.2, 0.25) is 0 Å². The molecule has 1 atom stereocenters. The summed E-state index contributed by atoms with van der Waals surface area (Å²) in [5.74, 6) is -2.48. The second-order valence-electron chi connectivity index (χ2n) is 3.74. The van der Waals surface area contributed by atoms with E-state index in [1.165, 1.54) is 6.07 Å². The Morgan fingerprint density at radius 3 is 2.47 bits per heavy atom. The maximum Gasteiger partial charge on any atom is 0.249 e. The molecule has 2 rings (SSSR count). The average Bonchev–Trinajstić information content (AvgIpc) is 2.26. The smallest absolute Gasteiger partial charge is 0.249 e. The second kappa shape index (κ2) is 4.48. The van der Waals surface area contributed by atoms with Gasteiger partial charge in [0, 0.05) is 6.42 Å². The Kier molecular flexibility index (Phi) is 3.03. The molecule has 1 fully saturated rings. The molecule has 0 radical (unpaired) electrons. The number of hydrogen-bond acceptors (Lipinski definition) is 3. The molecule has 1 aliphatic heterocycles. The van der Waals surface area contributed by atoms with Gasteiger partial charge in [-0.15, -0.1) is 0 Å². The lowest BCUT2D eigenvalue weighted by Gasteiger charge is -2.23. The SMILES string of the molecule is O=C1CCC(Nc2c(F)cccc2F)C(=O)N1. The molecule has 1 aromatic rings. The van der Waals surface area contributed by atoms with Crippen molar-refractivity contribution < 1.29 is 18.4 Å². The van der Waals surface area contributed by atoms with Crippen molar-refractivity contribution in [2.24, 2.45) is 0 Å². The molecule has 2 amide bonds. The molecule has 0 spiro atoms. The van der Waals surface area contributed by atoms with Crippen LogP contribution in [0.4, 0.5) is 14.5 Å². The third-order valence-electron chi connectivity index (χ3n) is 2.52. The summed E-state index contributed by atoms with van der Waals surface area (Å²) in [7, 11) is 0. The number of nitrogens with one attached hydrogen (secondary N) is 2. The van der Waals surface area contributed by atoms with E-state index in [0.29, 0.717) is 0 Å². The van der Waals surface area contributed by atoms with Crippen LogP contribution in [0.3, 0.4) is 0 Å². The van der Waals surface area contributed by atoms with E-state index in [1.54, 1.807) is 0 Å².